The molecule has 174 valence electrons. The van der Waals surface area contributed by atoms with Crippen LogP contribution in [0.3, 0.4) is 0 Å². The maximum Gasteiger partial charge on any atom is 0.407 e. The minimum absolute atomic E-state index is 0.402. The number of pyridine rings is 1. The summed E-state index contributed by atoms with van der Waals surface area (Å²) in [4.78, 5) is 20.6. The maximum atomic E-state index is 11.7. The number of amides is 1. The SMILES string of the molecule is CCNC(=NCc1ccnc(OCc2ccccc2)c1)NCCCNC(=O)OC(C)(C)C. The minimum Gasteiger partial charge on any atom is -0.473 e. The van der Waals surface area contributed by atoms with Gasteiger partial charge in [0.1, 0.15) is 12.2 Å². The van der Waals surface area contributed by atoms with E-state index >= 15 is 0 Å². The molecular weight excluding hydrogens is 406 g/mol. The number of rotatable bonds is 10. The van der Waals surface area contributed by atoms with Crippen LogP contribution in [-0.2, 0) is 17.9 Å². The number of carbonyl (C=O) groups excluding carboxylic acids is 1. The number of ether oxygens (including phenoxy) is 2. The van der Waals surface area contributed by atoms with Gasteiger partial charge in [0, 0.05) is 31.9 Å². The third-order valence-corrected chi connectivity index (χ3v) is 4.11. The van der Waals surface area contributed by atoms with Crippen LogP contribution in [0, 0.1) is 0 Å². The van der Waals surface area contributed by atoms with Crippen molar-refractivity contribution in [2.24, 2.45) is 4.99 Å². The smallest absolute Gasteiger partial charge is 0.407 e. The predicted molar refractivity (Wildman–Crippen MR) is 127 cm³/mol. The average molecular weight is 442 g/mol. The molecule has 8 nitrogen and oxygen atoms in total. The monoisotopic (exact) mass is 441 g/mol. The van der Waals surface area contributed by atoms with Crippen LogP contribution in [0.25, 0.3) is 0 Å². The minimum atomic E-state index is -0.493. The molecule has 0 atom stereocenters. The van der Waals surface area contributed by atoms with Crippen LogP contribution in [0.1, 0.15) is 45.2 Å². The molecule has 0 bridgehead atoms. The lowest BCUT2D eigenvalue weighted by Crippen LogP contribution is -2.39. The Kier molecular flexibility index (Phi) is 10.3. The van der Waals surface area contributed by atoms with Crippen molar-refractivity contribution in [1.29, 1.82) is 0 Å². The van der Waals surface area contributed by atoms with E-state index in [9.17, 15) is 4.79 Å². The zero-order valence-electron chi connectivity index (χ0n) is 19.5. The Hall–Kier alpha value is -3.29. The Morgan fingerprint density at radius 1 is 1.03 bits per heavy atom. The molecule has 1 amide bonds. The molecule has 0 aliphatic carbocycles. The van der Waals surface area contributed by atoms with E-state index in [1.54, 1.807) is 6.20 Å². The van der Waals surface area contributed by atoms with Crippen LogP contribution in [-0.4, -0.2) is 42.3 Å². The highest BCUT2D eigenvalue weighted by Crippen LogP contribution is 2.12. The summed E-state index contributed by atoms with van der Waals surface area (Å²) < 4.78 is 11.0. The van der Waals surface area contributed by atoms with Crippen LogP contribution < -0.4 is 20.7 Å². The van der Waals surface area contributed by atoms with Gasteiger partial charge in [-0.15, -0.1) is 0 Å². The Morgan fingerprint density at radius 3 is 2.50 bits per heavy atom. The third kappa shape index (κ3) is 10.7. The summed E-state index contributed by atoms with van der Waals surface area (Å²) >= 11 is 0. The second-order valence-corrected chi connectivity index (χ2v) is 8.18. The lowest BCUT2D eigenvalue weighted by Gasteiger charge is -2.19. The van der Waals surface area contributed by atoms with E-state index in [1.165, 1.54) is 0 Å². The molecular formula is C24H35N5O3. The zero-order valence-corrected chi connectivity index (χ0v) is 19.5. The van der Waals surface area contributed by atoms with Crippen molar-refractivity contribution in [3.05, 3.63) is 59.8 Å². The molecule has 0 radical (unpaired) electrons. The number of benzene rings is 1. The summed E-state index contributed by atoms with van der Waals surface area (Å²) in [6.07, 6.45) is 2.07. The van der Waals surface area contributed by atoms with Crippen molar-refractivity contribution >= 4 is 12.1 Å². The lowest BCUT2D eigenvalue weighted by molar-refractivity contribution is 0.0527. The van der Waals surface area contributed by atoms with Crippen LogP contribution in [0.15, 0.2) is 53.7 Å². The maximum absolute atomic E-state index is 11.7. The van der Waals surface area contributed by atoms with Gasteiger partial charge in [-0.05, 0) is 51.3 Å². The van der Waals surface area contributed by atoms with Gasteiger partial charge in [-0.2, -0.15) is 0 Å². The molecule has 0 saturated carbocycles. The van der Waals surface area contributed by atoms with Crippen molar-refractivity contribution < 1.29 is 14.3 Å². The van der Waals surface area contributed by atoms with E-state index in [0.29, 0.717) is 38.1 Å². The van der Waals surface area contributed by atoms with Crippen molar-refractivity contribution in [2.45, 2.75) is 52.9 Å². The van der Waals surface area contributed by atoms with Gasteiger partial charge >= 0.3 is 6.09 Å². The number of alkyl carbamates (subject to hydrolysis) is 1. The quantitative estimate of drug-likeness (QED) is 0.296. The second-order valence-electron chi connectivity index (χ2n) is 8.18. The normalized spacial score (nSPS) is 11.6. The van der Waals surface area contributed by atoms with Crippen LogP contribution >= 0.6 is 0 Å². The molecule has 8 heteroatoms. The summed E-state index contributed by atoms with van der Waals surface area (Å²) in [5, 5.41) is 9.25. The summed E-state index contributed by atoms with van der Waals surface area (Å²) in [6, 6.07) is 13.8. The molecule has 2 rings (SSSR count). The van der Waals surface area contributed by atoms with E-state index in [4.69, 9.17) is 9.47 Å². The van der Waals surface area contributed by atoms with E-state index in [-0.39, 0.29) is 0 Å². The number of guanidine groups is 1. The number of aromatic nitrogens is 1. The van der Waals surface area contributed by atoms with Gasteiger partial charge in [0.25, 0.3) is 0 Å². The molecule has 0 aliphatic rings. The lowest BCUT2D eigenvalue weighted by atomic mass is 10.2. The Morgan fingerprint density at radius 2 is 1.78 bits per heavy atom. The average Bonchev–Trinajstić information content (AvgIpc) is 2.75. The van der Waals surface area contributed by atoms with Gasteiger partial charge in [-0.3, -0.25) is 0 Å². The molecule has 32 heavy (non-hydrogen) atoms. The fraction of sp³-hybridized carbons (Fsp3) is 0.458. The topological polar surface area (TPSA) is 96.9 Å². The molecule has 2 aromatic rings. The number of nitrogens with one attached hydrogen (secondary N) is 3. The second kappa shape index (κ2) is 13.2. The van der Waals surface area contributed by atoms with E-state index < -0.39 is 11.7 Å². The molecule has 1 heterocycles. The summed E-state index contributed by atoms with van der Waals surface area (Å²) in [7, 11) is 0. The van der Waals surface area contributed by atoms with Crippen molar-refractivity contribution in [1.82, 2.24) is 20.9 Å². The largest absolute Gasteiger partial charge is 0.473 e. The van der Waals surface area contributed by atoms with Crippen LogP contribution in [0.2, 0.25) is 0 Å². The third-order valence-electron chi connectivity index (χ3n) is 4.11. The Bertz CT molecular complexity index is 850. The first-order valence-corrected chi connectivity index (χ1v) is 11.0. The molecule has 0 unspecified atom stereocenters. The van der Waals surface area contributed by atoms with Crippen molar-refractivity contribution in [3.63, 3.8) is 0 Å². The summed E-state index contributed by atoms with van der Waals surface area (Å²) in [5.74, 6) is 1.29. The van der Waals surface area contributed by atoms with Crippen LogP contribution in [0.5, 0.6) is 5.88 Å². The summed E-state index contributed by atoms with van der Waals surface area (Å²) in [5.41, 5.74) is 1.61. The van der Waals surface area contributed by atoms with Gasteiger partial charge in [0.05, 0.1) is 6.54 Å². The molecule has 0 spiro atoms. The first-order valence-electron chi connectivity index (χ1n) is 11.0. The first kappa shape index (κ1) is 25.0. The zero-order chi connectivity index (χ0) is 23.2. The number of aliphatic imine (C=N–C) groups is 1. The number of hydrogen-bond donors (Lipinski definition) is 3. The Balaban J connectivity index is 1.77. The van der Waals surface area contributed by atoms with E-state index in [2.05, 4.69) is 25.9 Å². The first-order chi connectivity index (χ1) is 15.4. The summed E-state index contributed by atoms with van der Waals surface area (Å²) in [6.45, 7) is 10.5. The predicted octanol–water partition coefficient (Wildman–Crippen LogP) is 3.63. The molecule has 1 aromatic carbocycles. The molecule has 0 saturated heterocycles. The van der Waals surface area contributed by atoms with Gasteiger partial charge < -0.3 is 25.4 Å². The van der Waals surface area contributed by atoms with Gasteiger partial charge in [0.2, 0.25) is 5.88 Å². The van der Waals surface area contributed by atoms with Gasteiger partial charge in [-0.25, -0.2) is 14.8 Å². The van der Waals surface area contributed by atoms with Crippen molar-refractivity contribution in [3.8, 4) is 5.88 Å². The van der Waals surface area contributed by atoms with Gasteiger partial charge in [-0.1, -0.05) is 30.3 Å². The number of carbonyl (C=O) groups is 1. The van der Waals surface area contributed by atoms with Crippen molar-refractivity contribution in [2.75, 3.05) is 19.6 Å². The standard InChI is InChI=1S/C24H35N5O3/c1-5-25-22(27-13-9-14-28-23(30)32-24(2,3)4)29-17-20-12-15-26-21(16-20)31-18-19-10-7-6-8-11-19/h6-8,10-12,15-16H,5,9,13-14,17-18H2,1-4H3,(H,28,30)(H2,25,27,29). The Labute approximate surface area is 190 Å². The fourth-order valence-corrected chi connectivity index (χ4v) is 2.67. The van der Waals surface area contributed by atoms with Gasteiger partial charge in [0.15, 0.2) is 5.96 Å². The van der Waals surface area contributed by atoms with E-state index in [0.717, 1.165) is 24.1 Å². The number of hydrogen-bond acceptors (Lipinski definition) is 5. The molecule has 0 aliphatic heterocycles. The molecule has 1 aromatic heterocycles. The van der Waals surface area contributed by atoms with E-state index in [1.807, 2.05) is 70.2 Å². The number of nitrogens with zero attached hydrogens (tertiary/aromatic N) is 2. The fourth-order valence-electron chi connectivity index (χ4n) is 2.67. The molecule has 3 N–H and O–H groups in total. The highest BCUT2D eigenvalue weighted by molar-refractivity contribution is 5.79. The molecule has 0 fully saturated rings. The highest BCUT2D eigenvalue weighted by Gasteiger charge is 2.15. The van der Waals surface area contributed by atoms with Crippen LogP contribution in [0.4, 0.5) is 4.79 Å². The highest BCUT2D eigenvalue weighted by atomic mass is 16.6.